The Bertz CT molecular complexity index is 580. The number of sulfone groups is 1. The van der Waals surface area contributed by atoms with E-state index >= 15 is 0 Å². The number of amides is 1. The van der Waals surface area contributed by atoms with Crippen molar-refractivity contribution in [2.45, 2.75) is 38.3 Å². The molecule has 0 unspecified atom stereocenters. The van der Waals surface area contributed by atoms with E-state index in [1.807, 2.05) is 6.92 Å². The summed E-state index contributed by atoms with van der Waals surface area (Å²) in [5.74, 6) is -0.0303. The molecule has 1 rings (SSSR count). The Morgan fingerprint density at radius 3 is 2.71 bits per heavy atom. The molecular formula is C13H22N4O3S. The van der Waals surface area contributed by atoms with Crippen LogP contribution in [0.4, 0.5) is 4.79 Å². The summed E-state index contributed by atoms with van der Waals surface area (Å²) in [5.41, 5.74) is 0. The van der Waals surface area contributed by atoms with Crippen molar-refractivity contribution in [2.75, 3.05) is 18.8 Å². The van der Waals surface area contributed by atoms with Crippen molar-refractivity contribution in [3.8, 4) is 0 Å². The summed E-state index contributed by atoms with van der Waals surface area (Å²) < 4.78 is 24.7. The van der Waals surface area contributed by atoms with Gasteiger partial charge < -0.3 is 4.90 Å². The first-order valence-corrected chi connectivity index (χ1v) is 8.66. The van der Waals surface area contributed by atoms with Gasteiger partial charge in [-0.25, -0.2) is 18.2 Å². The van der Waals surface area contributed by atoms with Gasteiger partial charge in [0.25, 0.3) is 5.16 Å². The van der Waals surface area contributed by atoms with Crippen LogP contribution in [0.15, 0.2) is 24.1 Å². The molecule has 0 fully saturated rings. The molecule has 1 heterocycles. The first-order valence-electron chi connectivity index (χ1n) is 7.00. The minimum absolute atomic E-state index is 0.0303. The molecule has 0 radical (unpaired) electrons. The van der Waals surface area contributed by atoms with E-state index in [4.69, 9.17) is 0 Å². The highest BCUT2D eigenvalue weighted by molar-refractivity contribution is 7.91. The van der Waals surface area contributed by atoms with E-state index in [0.717, 1.165) is 23.9 Å². The van der Waals surface area contributed by atoms with Crippen LogP contribution in [0.5, 0.6) is 0 Å². The van der Waals surface area contributed by atoms with Crippen molar-refractivity contribution >= 4 is 15.9 Å². The highest BCUT2D eigenvalue weighted by Crippen LogP contribution is 2.07. The molecule has 0 bridgehead atoms. The van der Waals surface area contributed by atoms with E-state index in [0.29, 0.717) is 19.5 Å². The van der Waals surface area contributed by atoms with Gasteiger partial charge in [-0.2, -0.15) is 4.68 Å². The number of carbonyl (C=O) groups is 1. The number of carbonyl (C=O) groups excluding carboxylic acids is 1. The van der Waals surface area contributed by atoms with Crippen molar-refractivity contribution in [1.82, 2.24) is 19.7 Å². The summed E-state index contributed by atoms with van der Waals surface area (Å²) in [6, 6.07) is -0.395. The molecule has 1 aromatic rings. The molecule has 0 N–H and O–H groups in total. The topological polar surface area (TPSA) is 85.2 Å². The van der Waals surface area contributed by atoms with Crippen LogP contribution in [0.3, 0.4) is 0 Å². The van der Waals surface area contributed by atoms with Gasteiger partial charge in [-0.1, -0.05) is 26.3 Å². The normalized spacial score (nSPS) is 11.3. The molecule has 8 heteroatoms. The number of unbranched alkanes of at least 4 members (excludes halogenated alkanes) is 1. The Kier molecular flexibility index (Phi) is 6.54. The van der Waals surface area contributed by atoms with Gasteiger partial charge in [-0.3, -0.25) is 0 Å². The summed E-state index contributed by atoms with van der Waals surface area (Å²) in [4.78, 5) is 17.6. The Morgan fingerprint density at radius 2 is 2.14 bits per heavy atom. The largest absolute Gasteiger partial charge is 0.346 e. The monoisotopic (exact) mass is 314 g/mol. The minimum atomic E-state index is -3.51. The predicted octanol–water partition coefficient (Wildman–Crippen LogP) is 1.72. The van der Waals surface area contributed by atoms with E-state index in [9.17, 15) is 13.2 Å². The summed E-state index contributed by atoms with van der Waals surface area (Å²) in [6.07, 6.45) is 5.06. The maximum absolute atomic E-state index is 12.3. The molecule has 0 spiro atoms. The number of nitrogens with zero attached hydrogens (tertiary/aromatic N) is 4. The van der Waals surface area contributed by atoms with Gasteiger partial charge in [0.05, 0.1) is 5.75 Å². The number of rotatable bonds is 8. The maximum Gasteiger partial charge on any atom is 0.346 e. The Labute approximate surface area is 125 Å². The second kappa shape index (κ2) is 7.92. The molecule has 0 aliphatic rings. The highest BCUT2D eigenvalue weighted by atomic mass is 32.2. The van der Waals surface area contributed by atoms with Gasteiger partial charge in [0.15, 0.2) is 0 Å². The summed E-state index contributed by atoms with van der Waals surface area (Å²) in [7, 11) is -3.51. The number of aromatic nitrogens is 3. The fourth-order valence-corrected chi connectivity index (χ4v) is 2.90. The van der Waals surface area contributed by atoms with Crippen LogP contribution in [0.25, 0.3) is 0 Å². The fraction of sp³-hybridized carbons (Fsp3) is 0.615. The smallest absolute Gasteiger partial charge is 0.319 e. The van der Waals surface area contributed by atoms with E-state index in [2.05, 4.69) is 16.7 Å². The third-order valence-corrected chi connectivity index (χ3v) is 4.51. The van der Waals surface area contributed by atoms with Crippen LogP contribution in [-0.2, 0) is 9.84 Å². The molecule has 0 aromatic carbocycles. The number of hydrogen-bond donors (Lipinski definition) is 0. The molecule has 0 atom stereocenters. The zero-order chi connectivity index (χ0) is 15.9. The standard InChI is InChI=1S/C13H22N4O3S/c1-4-7-9-16(8-5-2)13(18)17-11-14-12(15-17)21(19,20)10-6-3/h5,11H,2,4,6-10H2,1,3H3. The summed E-state index contributed by atoms with van der Waals surface area (Å²) in [6.45, 7) is 8.36. The van der Waals surface area contributed by atoms with Gasteiger partial charge in [0.2, 0.25) is 9.84 Å². The first kappa shape index (κ1) is 17.4. The molecule has 7 nitrogen and oxygen atoms in total. The van der Waals surface area contributed by atoms with Crippen molar-refractivity contribution in [3.05, 3.63) is 19.0 Å². The highest BCUT2D eigenvalue weighted by Gasteiger charge is 2.22. The Morgan fingerprint density at radius 1 is 1.43 bits per heavy atom. The maximum atomic E-state index is 12.3. The second-order valence-corrected chi connectivity index (χ2v) is 6.66. The van der Waals surface area contributed by atoms with Crippen LogP contribution in [0.1, 0.15) is 33.1 Å². The molecule has 21 heavy (non-hydrogen) atoms. The molecule has 0 aliphatic carbocycles. The van der Waals surface area contributed by atoms with Crippen molar-refractivity contribution in [1.29, 1.82) is 0 Å². The molecule has 118 valence electrons. The Hall–Kier alpha value is -1.70. The van der Waals surface area contributed by atoms with Crippen LogP contribution in [0, 0.1) is 0 Å². The van der Waals surface area contributed by atoms with Gasteiger partial charge in [-0.05, 0) is 12.8 Å². The average Bonchev–Trinajstić information content (AvgIpc) is 2.93. The van der Waals surface area contributed by atoms with E-state index in [1.54, 1.807) is 17.9 Å². The van der Waals surface area contributed by atoms with Crippen molar-refractivity contribution < 1.29 is 13.2 Å². The van der Waals surface area contributed by atoms with Gasteiger partial charge in [-0.15, -0.1) is 11.7 Å². The van der Waals surface area contributed by atoms with Crippen molar-refractivity contribution in [3.63, 3.8) is 0 Å². The second-order valence-electron chi connectivity index (χ2n) is 4.66. The van der Waals surface area contributed by atoms with Gasteiger partial charge >= 0.3 is 6.03 Å². The van der Waals surface area contributed by atoms with E-state index in [-0.39, 0.29) is 10.9 Å². The number of hydrogen-bond acceptors (Lipinski definition) is 5. The molecule has 0 saturated heterocycles. The lowest BCUT2D eigenvalue weighted by atomic mass is 10.3. The quantitative estimate of drug-likeness (QED) is 0.682. The third kappa shape index (κ3) is 4.66. The minimum Gasteiger partial charge on any atom is -0.319 e. The SMILES string of the molecule is C=CCN(CCCC)C(=O)n1cnc(S(=O)(=O)CCC)n1. The molecule has 1 amide bonds. The predicted molar refractivity (Wildman–Crippen MR) is 79.8 cm³/mol. The zero-order valence-electron chi connectivity index (χ0n) is 12.5. The zero-order valence-corrected chi connectivity index (χ0v) is 13.3. The van der Waals surface area contributed by atoms with Crippen LogP contribution >= 0.6 is 0 Å². The van der Waals surface area contributed by atoms with Crippen LogP contribution < -0.4 is 0 Å². The van der Waals surface area contributed by atoms with Crippen LogP contribution in [0.2, 0.25) is 0 Å². The lowest BCUT2D eigenvalue weighted by Crippen LogP contribution is -2.36. The summed E-state index contributed by atoms with van der Waals surface area (Å²) >= 11 is 0. The Balaban J connectivity index is 2.92. The van der Waals surface area contributed by atoms with Gasteiger partial charge in [0.1, 0.15) is 6.33 Å². The lowest BCUT2D eigenvalue weighted by Gasteiger charge is -2.19. The molecule has 1 aromatic heterocycles. The van der Waals surface area contributed by atoms with Crippen LogP contribution in [-0.4, -0.2) is 53.0 Å². The average molecular weight is 314 g/mol. The third-order valence-electron chi connectivity index (χ3n) is 2.82. The van der Waals surface area contributed by atoms with E-state index < -0.39 is 15.9 Å². The van der Waals surface area contributed by atoms with Crippen molar-refractivity contribution in [2.24, 2.45) is 0 Å². The van der Waals surface area contributed by atoms with E-state index in [1.165, 1.54) is 0 Å². The summed E-state index contributed by atoms with van der Waals surface area (Å²) in [5, 5.41) is 3.50. The fourth-order valence-electron chi connectivity index (χ4n) is 1.76. The van der Waals surface area contributed by atoms with Gasteiger partial charge in [0, 0.05) is 13.1 Å². The first-order chi connectivity index (χ1) is 9.96. The molecular weight excluding hydrogens is 292 g/mol. The molecule has 0 aliphatic heterocycles. The molecule has 0 saturated carbocycles. The lowest BCUT2D eigenvalue weighted by molar-refractivity contribution is 0.200.